The molecule has 4 rings (SSSR count). The maximum atomic E-state index is 12.8. The normalized spacial score (nSPS) is 24.5. The van der Waals surface area contributed by atoms with Crippen LogP contribution < -0.4 is 5.32 Å². The number of benzene rings is 1. The third-order valence-electron chi connectivity index (χ3n) is 6.42. The van der Waals surface area contributed by atoms with Crippen molar-refractivity contribution in [1.82, 2.24) is 15.1 Å². The monoisotopic (exact) mass is 423 g/mol. The van der Waals surface area contributed by atoms with E-state index in [0.717, 1.165) is 42.8 Å². The highest BCUT2D eigenvalue weighted by atomic mass is 16.3. The number of hydrogen-bond acceptors (Lipinski definition) is 4. The Kier molecular flexibility index (Phi) is 6.76. The molecule has 0 saturated carbocycles. The molecule has 6 nitrogen and oxygen atoms in total. The van der Waals surface area contributed by atoms with E-state index >= 15 is 0 Å². The van der Waals surface area contributed by atoms with Gasteiger partial charge >= 0.3 is 0 Å². The van der Waals surface area contributed by atoms with Gasteiger partial charge in [0, 0.05) is 39.1 Å². The molecular formula is C25H33N3O3. The van der Waals surface area contributed by atoms with Crippen LogP contribution in [0.15, 0.2) is 47.1 Å². The van der Waals surface area contributed by atoms with E-state index in [1.54, 1.807) is 11.2 Å². The van der Waals surface area contributed by atoms with Crippen LogP contribution in [-0.2, 0) is 29.2 Å². The molecule has 3 atom stereocenters. The lowest BCUT2D eigenvalue weighted by atomic mass is 9.91. The second-order valence-electron chi connectivity index (χ2n) is 9.38. The number of nitrogens with zero attached hydrogens (tertiary/aromatic N) is 2. The summed E-state index contributed by atoms with van der Waals surface area (Å²) in [6, 6.07) is 12.0. The molecule has 3 heterocycles. The van der Waals surface area contributed by atoms with Gasteiger partial charge in [0.05, 0.1) is 18.7 Å². The Balaban J connectivity index is 1.32. The van der Waals surface area contributed by atoms with Crippen LogP contribution in [-0.4, -0.2) is 41.2 Å². The van der Waals surface area contributed by atoms with Crippen molar-refractivity contribution in [3.05, 3.63) is 59.5 Å². The smallest absolute Gasteiger partial charge is 0.225 e. The van der Waals surface area contributed by atoms with Crippen LogP contribution in [0.4, 0.5) is 0 Å². The van der Waals surface area contributed by atoms with Gasteiger partial charge in [-0.25, -0.2) is 0 Å². The van der Waals surface area contributed by atoms with E-state index in [-0.39, 0.29) is 24.2 Å². The second kappa shape index (κ2) is 9.69. The van der Waals surface area contributed by atoms with Crippen molar-refractivity contribution in [2.45, 2.75) is 46.3 Å². The fourth-order valence-corrected chi connectivity index (χ4v) is 5.06. The van der Waals surface area contributed by atoms with Crippen molar-refractivity contribution in [2.75, 3.05) is 19.6 Å². The first-order valence-electron chi connectivity index (χ1n) is 11.3. The van der Waals surface area contributed by atoms with E-state index in [1.165, 1.54) is 12.0 Å². The molecule has 1 aromatic carbocycles. The molecular weight excluding hydrogens is 390 g/mol. The fraction of sp³-hybridized carbons (Fsp3) is 0.520. The van der Waals surface area contributed by atoms with Gasteiger partial charge < -0.3 is 14.6 Å². The number of hydrogen-bond donors (Lipinski definition) is 1. The van der Waals surface area contributed by atoms with Crippen LogP contribution in [0, 0.1) is 17.8 Å². The maximum absolute atomic E-state index is 12.8. The molecule has 0 unspecified atom stereocenters. The standard InChI is InChI=1S/C25H33N3O3/c1-18-10-19(2)14-27(13-18)15-21-7-4-3-6-20(21)12-26-25(30)22-11-24(29)28(16-22)17-23-8-5-9-31-23/h3-9,18-19,22H,10-17H2,1-2H3,(H,26,30)/t18-,19-,22-/m1/s1. The molecule has 31 heavy (non-hydrogen) atoms. The first kappa shape index (κ1) is 21.6. The zero-order chi connectivity index (χ0) is 21.8. The van der Waals surface area contributed by atoms with Gasteiger partial charge in [0.2, 0.25) is 11.8 Å². The summed E-state index contributed by atoms with van der Waals surface area (Å²) in [5, 5.41) is 3.08. The topological polar surface area (TPSA) is 65.8 Å². The van der Waals surface area contributed by atoms with Crippen molar-refractivity contribution in [3.63, 3.8) is 0 Å². The molecule has 2 aliphatic rings. The summed E-state index contributed by atoms with van der Waals surface area (Å²) in [6.45, 7) is 9.18. The molecule has 2 aliphatic heterocycles. The number of furan rings is 1. The zero-order valence-corrected chi connectivity index (χ0v) is 18.5. The number of rotatable bonds is 7. The average molecular weight is 424 g/mol. The van der Waals surface area contributed by atoms with Gasteiger partial charge in [-0.2, -0.15) is 0 Å². The predicted molar refractivity (Wildman–Crippen MR) is 119 cm³/mol. The van der Waals surface area contributed by atoms with E-state index in [9.17, 15) is 9.59 Å². The molecule has 2 aromatic rings. The Bertz CT molecular complexity index is 885. The first-order chi connectivity index (χ1) is 15.0. The van der Waals surface area contributed by atoms with E-state index < -0.39 is 0 Å². The van der Waals surface area contributed by atoms with Gasteiger partial charge in [0.15, 0.2) is 0 Å². The molecule has 2 saturated heterocycles. The molecule has 0 spiro atoms. The average Bonchev–Trinajstić information content (AvgIpc) is 3.37. The van der Waals surface area contributed by atoms with Crippen molar-refractivity contribution in [3.8, 4) is 0 Å². The summed E-state index contributed by atoms with van der Waals surface area (Å²) in [5.74, 6) is 1.83. The number of amides is 2. The van der Waals surface area contributed by atoms with Gasteiger partial charge in [0.25, 0.3) is 0 Å². The number of likely N-dealkylation sites (tertiary alicyclic amines) is 2. The summed E-state index contributed by atoms with van der Waals surface area (Å²) in [4.78, 5) is 29.3. The lowest BCUT2D eigenvalue weighted by Crippen LogP contribution is -2.38. The van der Waals surface area contributed by atoms with Crippen molar-refractivity contribution in [2.24, 2.45) is 17.8 Å². The van der Waals surface area contributed by atoms with E-state index in [2.05, 4.69) is 42.3 Å². The van der Waals surface area contributed by atoms with Gasteiger partial charge in [-0.15, -0.1) is 0 Å². The van der Waals surface area contributed by atoms with Crippen LogP contribution >= 0.6 is 0 Å². The molecule has 0 bridgehead atoms. The van der Waals surface area contributed by atoms with Crippen molar-refractivity contribution in [1.29, 1.82) is 0 Å². The van der Waals surface area contributed by atoms with Crippen LogP contribution in [0.2, 0.25) is 0 Å². The highest BCUT2D eigenvalue weighted by Gasteiger charge is 2.34. The summed E-state index contributed by atoms with van der Waals surface area (Å²) in [7, 11) is 0. The third-order valence-corrected chi connectivity index (χ3v) is 6.42. The van der Waals surface area contributed by atoms with Gasteiger partial charge in [-0.05, 0) is 41.5 Å². The van der Waals surface area contributed by atoms with Crippen molar-refractivity contribution >= 4 is 11.8 Å². The highest BCUT2D eigenvalue weighted by Crippen LogP contribution is 2.24. The Morgan fingerprint density at radius 3 is 2.48 bits per heavy atom. The maximum Gasteiger partial charge on any atom is 0.225 e. The Hall–Kier alpha value is -2.60. The fourth-order valence-electron chi connectivity index (χ4n) is 5.06. The number of nitrogens with one attached hydrogen (secondary N) is 1. The Morgan fingerprint density at radius 1 is 1.03 bits per heavy atom. The van der Waals surface area contributed by atoms with Gasteiger partial charge in [0.1, 0.15) is 5.76 Å². The molecule has 0 radical (unpaired) electrons. The van der Waals surface area contributed by atoms with E-state index in [0.29, 0.717) is 19.6 Å². The minimum absolute atomic E-state index is 0.00490. The molecule has 1 aromatic heterocycles. The second-order valence-corrected chi connectivity index (χ2v) is 9.38. The minimum Gasteiger partial charge on any atom is -0.467 e. The molecule has 166 valence electrons. The van der Waals surface area contributed by atoms with Gasteiger partial charge in [-0.1, -0.05) is 38.1 Å². The summed E-state index contributed by atoms with van der Waals surface area (Å²) in [5.41, 5.74) is 2.42. The van der Waals surface area contributed by atoms with Crippen LogP contribution in [0.3, 0.4) is 0 Å². The Labute approximate surface area is 184 Å². The molecule has 2 fully saturated rings. The summed E-state index contributed by atoms with van der Waals surface area (Å²) >= 11 is 0. The lowest BCUT2D eigenvalue weighted by Gasteiger charge is -2.35. The molecule has 2 amide bonds. The number of carbonyl (C=O) groups is 2. The summed E-state index contributed by atoms with van der Waals surface area (Å²) in [6.07, 6.45) is 3.16. The predicted octanol–water partition coefficient (Wildman–Crippen LogP) is 3.42. The molecule has 1 N–H and O–H groups in total. The zero-order valence-electron chi connectivity index (χ0n) is 18.5. The minimum atomic E-state index is -0.307. The number of carbonyl (C=O) groups excluding carboxylic acids is 2. The summed E-state index contributed by atoms with van der Waals surface area (Å²) < 4.78 is 5.34. The van der Waals surface area contributed by atoms with Crippen molar-refractivity contribution < 1.29 is 14.0 Å². The van der Waals surface area contributed by atoms with E-state index in [4.69, 9.17) is 4.42 Å². The van der Waals surface area contributed by atoms with Crippen LogP contribution in [0.1, 0.15) is 43.6 Å². The van der Waals surface area contributed by atoms with Crippen LogP contribution in [0.25, 0.3) is 0 Å². The third kappa shape index (κ3) is 5.56. The molecule has 0 aliphatic carbocycles. The van der Waals surface area contributed by atoms with Crippen LogP contribution in [0.5, 0.6) is 0 Å². The Morgan fingerprint density at radius 2 is 1.77 bits per heavy atom. The number of piperidine rings is 1. The molecule has 6 heteroatoms. The van der Waals surface area contributed by atoms with Gasteiger partial charge in [-0.3, -0.25) is 14.5 Å². The van der Waals surface area contributed by atoms with E-state index in [1.807, 2.05) is 18.2 Å². The quantitative estimate of drug-likeness (QED) is 0.741. The first-order valence-corrected chi connectivity index (χ1v) is 11.3. The lowest BCUT2D eigenvalue weighted by molar-refractivity contribution is -0.129. The largest absolute Gasteiger partial charge is 0.467 e. The SMILES string of the molecule is C[C@@H]1C[C@@H](C)CN(Cc2ccccc2CNC(=O)[C@@H]2CC(=O)N(Cc3ccco3)C2)C1. The highest BCUT2D eigenvalue weighted by molar-refractivity contribution is 5.89.